The molecule has 0 amide bonds. The number of nitro groups is 1. The fourth-order valence-electron chi connectivity index (χ4n) is 1.99. The average Bonchev–Trinajstić information content (AvgIpc) is 2.55. The monoisotopic (exact) mass is 294 g/mol. The van der Waals surface area contributed by atoms with Gasteiger partial charge < -0.3 is 5.11 Å². The van der Waals surface area contributed by atoms with Gasteiger partial charge in [-0.1, -0.05) is 12.1 Å². The summed E-state index contributed by atoms with van der Waals surface area (Å²) in [6.07, 6.45) is 3.19. The lowest BCUT2D eigenvalue weighted by molar-refractivity contribution is -0.384. The average molecular weight is 294 g/mol. The van der Waals surface area contributed by atoms with Crippen molar-refractivity contribution in [3.05, 3.63) is 65.0 Å². The van der Waals surface area contributed by atoms with Crippen LogP contribution in [0.1, 0.15) is 0 Å². The number of aromatic nitrogens is 3. The van der Waals surface area contributed by atoms with Crippen LogP contribution in [0.5, 0.6) is 5.88 Å². The van der Waals surface area contributed by atoms with Gasteiger partial charge in [0.25, 0.3) is 5.69 Å². The summed E-state index contributed by atoms with van der Waals surface area (Å²) in [7, 11) is 0. The van der Waals surface area contributed by atoms with Crippen LogP contribution in [0, 0.1) is 10.1 Å². The van der Waals surface area contributed by atoms with Crippen LogP contribution < -0.4 is 0 Å². The molecule has 0 fully saturated rings. The Balaban J connectivity index is 2.10. The molecule has 0 aliphatic heterocycles. The van der Waals surface area contributed by atoms with Gasteiger partial charge in [-0.3, -0.25) is 15.1 Å². The Labute approximate surface area is 125 Å². The number of non-ortho nitro benzene ring substituents is 1. The van der Waals surface area contributed by atoms with Crippen molar-refractivity contribution >= 4 is 5.69 Å². The molecule has 7 heteroatoms. The largest absolute Gasteiger partial charge is 0.493 e. The second kappa shape index (κ2) is 5.57. The van der Waals surface area contributed by atoms with Crippen LogP contribution in [0.15, 0.2) is 54.9 Å². The number of hydrogen-bond donors (Lipinski definition) is 1. The van der Waals surface area contributed by atoms with Gasteiger partial charge in [-0.2, -0.15) is 4.98 Å². The summed E-state index contributed by atoms with van der Waals surface area (Å²) in [4.78, 5) is 22.6. The standard InChI is InChI=1S/C15H10N4O3/c20-14-9-13(11-2-1-3-12(8-11)19(21)22)17-15(18-14)10-4-6-16-7-5-10/h1-9H,(H,17,18,20). The van der Waals surface area contributed by atoms with E-state index in [4.69, 9.17) is 0 Å². The van der Waals surface area contributed by atoms with E-state index < -0.39 is 4.92 Å². The predicted molar refractivity (Wildman–Crippen MR) is 79.0 cm³/mol. The van der Waals surface area contributed by atoms with Crippen LogP contribution in [0.3, 0.4) is 0 Å². The quantitative estimate of drug-likeness (QED) is 0.588. The molecule has 0 saturated heterocycles. The first kappa shape index (κ1) is 13.6. The first-order chi connectivity index (χ1) is 10.6. The zero-order valence-corrected chi connectivity index (χ0v) is 11.2. The fourth-order valence-corrected chi connectivity index (χ4v) is 1.99. The molecule has 0 bridgehead atoms. The van der Waals surface area contributed by atoms with E-state index in [2.05, 4.69) is 15.0 Å². The van der Waals surface area contributed by atoms with Crippen LogP contribution in [0.2, 0.25) is 0 Å². The number of nitrogens with zero attached hydrogens (tertiary/aromatic N) is 4. The Morgan fingerprint density at radius 1 is 1.00 bits per heavy atom. The Morgan fingerprint density at radius 3 is 2.50 bits per heavy atom. The van der Waals surface area contributed by atoms with Gasteiger partial charge in [-0.05, 0) is 12.1 Å². The number of pyridine rings is 1. The van der Waals surface area contributed by atoms with Gasteiger partial charge >= 0.3 is 0 Å². The highest BCUT2D eigenvalue weighted by Crippen LogP contribution is 2.26. The molecule has 1 aromatic carbocycles. The Morgan fingerprint density at radius 2 is 1.77 bits per heavy atom. The van der Waals surface area contributed by atoms with Gasteiger partial charge in [0.1, 0.15) is 0 Å². The highest BCUT2D eigenvalue weighted by molar-refractivity contribution is 5.66. The maximum Gasteiger partial charge on any atom is 0.270 e. The highest BCUT2D eigenvalue weighted by Gasteiger charge is 2.11. The number of aromatic hydroxyl groups is 1. The minimum atomic E-state index is -0.478. The van der Waals surface area contributed by atoms with Gasteiger partial charge in [-0.25, -0.2) is 4.98 Å². The van der Waals surface area contributed by atoms with Crippen LogP contribution in [0.25, 0.3) is 22.6 Å². The molecule has 108 valence electrons. The van der Waals surface area contributed by atoms with E-state index >= 15 is 0 Å². The van der Waals surface area contributed by atoms with E-state index in [-0.39, 0.29) is 11.6 Å². The highest BCUT2D eigenvalue weighted by atomic mass is 16.6. The van der Waals surface area contributed by atoms with Gasteiger partial charge in [0.05, 0.1) is 10.6 Å². The van der Waals surface area contributed by atoms with E-state index in [0.29, 0.717) is 22.6 Å². The third-order valence-electron chi connectivity index (χ3n) is 3.00. The molecule has 2 aromatic heterocycles. The minimum absolute atomic E-state index is 0.0407. The first-order valence-corrected chi connectivity index (χ1v) is 6.37. The summed E-state index contributed by atoms with van der Waals surface area (Å²) >= 11 is 0. The van der Waals surface area contributed by atoms with Crippen molar-refractivity contribution in [2.45, 2.75) is 0 Å². The van der Waals surface area contributed by atoms with Crippen molar-refractivity contribution in [3.8, 4) is 28.5 Å². The first-order valence-electron chi connectivity index (χ1n) is 6.37. The number of hydrogen-bond acceptors (Lipinski definition) is 6. The van der Waals surface area contributed by atoms with Crippen molar-refractivity contribution < 1.29 is 10.0 Å². The van der Waals surface area contributed by atoms with Crippen LogP contribution in [-0.2, 0) is 0 Å². The van der Waals surface area contributed by atoms with Crippen LogP contribution in [0.4, 0.5) is 5.69 Å². The summed E-state index contributed by atoms with van der Waals surface area (Å²) in [5.74, 6) is 0.118. The Kier molecular flexibility index (Phi) is 3.45. The lowest BCUT2D eigenvalue weighted by Gasteiger charge is -2.05. The van der Waals surface area contributed by atoms with Gasteiger partial charge in [0.15, 0.2) is 5.82 Å². The molecule has 0 saturated carbocycles. The Bertz CT molecular complexity index is 837. The number of nitro benzene ring substituents is 1. The van der Waals surface area contributed by atoms with E-state index in [1.165, 1.54) is 18.2 Å². The van der Waals surface area contributed by atoms with E-state index in [0.717, 1.165) is 0 Å². The zero-order valence-electron chi connectivity index (χ0n) is 11.2. The van der Waals surface area contributed by atoms with Crippen LogP contribution >= 0.6 is 0 Å². The molecular formula is C15H10N4O3. The van der Waals surface area contributed by atoms with Gasteiger partial charge in [-0.15, -0.1) is 0 Å². The molecule has 3 aromatic rings. The molecule has 0 aliphatic carbocycles. The topological polar surface area (TPSA) is 102 Å². The van der Waals surface area contributed by atoms with Gasteiger partial charge in [0, 0.05) is 41.7 Å². The second-order valence-electron chi connectivity index (χ2n) is 4.48. The van der Waals surface area contributed by atoms with Crippen molar-refractivity contribution in [1.82, 2.24) is 15.0 Å². The summed E-state index contributed by atoms with van der Waals surface area (Å²) in [5, 5.41) is 20.7. The van der Waals surface area contributed by atoms with Crippen molar-refractivity contribution in [1.29, 1.82) is 0 Å². The molecule has 0 aliphatic rings. The molecule has 2 heterocycles. The third kappa shape index (κ3) is 2.73. The zero-order chi connectivity index (χ0) is 15.5. The summed E-state index contributed by atoms with van der Waals surface area (Å²) in [6.45, 7) is 0. The molecule has 0 spiro atoms. The smallest absolute Gasteiger partial charge is 0.270 e. The summed E-state index contributed by atoms with van der Waals surface area (Å²) in [5.41, 5.74) is 1.59. The maximum absolute atomic E-state index is 10.9. The SMILES string of the molecule is O=[N+]([O-])c1cccc(-c2cc(O)nc(-c3ccncc3)n2)c1. The van der Waals surface area contributed by atoms with Crippen molar-refractivity contribution in [3.63, 3.8) is 0 Å². The second-order valence-corrected chi connectivity index (χ2v) is 4.48. The van der Waals surface area contributed by atoms with Crippen molar-refractivity contribution in [2.75, 3.05) is 0 Å². The molecular weight excluding hydrogens is 284 g/mol. The lowest BCUT2D eigenvalue weighted by atomic mass is 10.1. The Hall–Kier alpha value is -3.35. The molecule has 3 rings (SSSR count). The molecule has 0 atom stereocenters. The van der Waals surface area contributed by atoms with E-state index in [1.807, 2.05) is 0 Å². The molecule has 22 heavy (non-hydrogen) atoms. The normalized spacial score (nSPS) is 10.4. The van der Waals surface area contributed by atoms with Crippen molar-refractivity contribution in [2.24, 2.45) is 0 Å². The van der Waals surface area contributed by atoms with Gasteiger partial charge in [0.2, 0.25) is 5.88 Å². The third-order valence-corrected chi connectivity index (χ3v) is 3.00. The van der Waals surface area contributed by atoms with E-state index in [9.17, 15) is 15.2 Å². The van der Waals surface area contributed by atoms with E-state index in [1.54, 1.807) is 36.7 Å². The summed E-state index contributed by atoms with van der Waals surface area (Å²) in [6, 6.07) is 10.8. The lowest BCUT2D eigenvalue weighted by Crippen LogP contribution is -1.94. The molecule has 0 radical (unpaired) electrons. The predicted octanol–water partition coefficient (Wildman–Crippen LogP) is 2.82. The fraction of sp³-hybridized carbons (Fsp3) is 0. The maximum atomic E-state index is 10.9. The molecule has 1 N–H and O–H groups in total. The minimum Gasteiger partial charge on any atom is -0.493 e. The molecule has 0 unspecified atom stereocenters. The number of benzene rings is 1. The molecule has 7 nitrogen and oxygen atoms in total. The van der Waals surface area contributed by atoms with Crippen LogP contribution in [-0.4, -0.2) is 25.0 Å². The number of rotatable bonds is 3. The summed E-state index contributed by atoms with van der Waals surface area (Å²) < 4.78 is 0.